The molecule has 0 unspecified atom stereocenters. The predicted octanol–water partition coefficient (Wildman–Crippen LogP) is 3.23. The van der Waals surface area contributed by atoms with Gasteiger partial charge in [0.25, 0.3) is 0 Å². The molecule has 1 saturated heterocycles. The maximum atomic E-state index is 12.5. The van der Waals surface area contributed by atoms with Crippen molar-refractivity contribution in [2.24, 2.45) is 0 Å². The summed E-state index contributed by atoms with van der Waals surface area (Å²) >= 11 is 0. The Morgan fingerprint density at radius 3 is 2.21 bits per heavy atom. The minimum Gasteiger partial charge on any atom is -0.353 e. The van der Waals surface area contributed by atoms with Gasteiger partial charge in [-0.25, -0.2) is 0 Å². The molecule has 0 aliphatic carbocycles. The number of hydrogen-bond acceptors (Lipinski definition) is 3. The number of piperidine rings is 1. The van der Waals surface area contributed by atoms with Crippen LogP contribution in [0.2, 0.25) is 0 Å². The summed E-state index contributed by atoms with van der Waals surface area (Å²) < 4.78 is 0. The number of nitrogens with one attached hydrogen (secondary N) is 1. The Morgan fingerprint density at radius 1 is 0.931 bits per heavy atom. The summed E-state index contributed by atoms with van der Waals surface area (Å²) in [6.07, 6.45) is 4.01. The average molecular weight is 389 g/mol. The lowest BCUT2D eigenvalue weighted by atomic mass is 10.0. The van der Waals surface area contributed by atoms with Gasteiger partial charge in [-0.3, -0.25) is 9.59 Å². The first-order valence-corrected chi connectivity index (χ1v) is 10.2. The fourth-order valence-electron chi connectivity index (χ4n) is 3.63. The van der Waals surface area contributed by atoms with Crippen molar-refractivity contribution in [1.29, 1.82) is 5.26 Å². The van der Waals surface area contributed by atoms with E-state index in [2.05, 4.69) is 11.4 Å². The first-order chi connectivity index (χ1) is 14.1. The van der Waals surface area contributed by atoms with Crippen molar-refractivity contribution < 1.29 is 9.59 Å². The summed E-state index contributed by atoms with van der Waals surface area (Å²) in [7, 11) is 0. The topological polar surface area (TPSA) is 73.2 Å². The van der Waals surface area contributed by atoms with E-state index in [-0.39, 0.29) is 17.9 Å². The van der Waals surface area contributed by atoms with E-state index in [1.54, 1.807) is 12.1 Å². The minimum atomic E-state index is 0.0828. The molecule has 1 heterocycles. The van der Waals surface area contributed by atoms with Gasteiger partial charge in [-0.05, 0) is 48.9 Å². The van der Waals surface area contributed by atoms with Gasteiger partial charge >= 0.3 is 0 Å². The molecule has 0 bridgehead atoms. The largest absolute Gasteiger partial charge is 0.353 e. The molecule has 2 amide bonds. The molecule has 0 radical (unpaired) electrons. The van der Waals surface area contributed by atoms with Gasteiger partial charge < -0.3 is 10.2 Å². The number of nitrogens with zero attached hydrogens (tertiary/aromatic N) is 2. The van der Waals surface area contributed by atoms with Gasteiger partial charge in [-0.15, -0.1) is 0 Å². The zero-order valence-corrected chi connectivity index (χ0v) is 16.6. The molecule has 1 aliphatic rings. The van der Waals surface area contributed by atoms with Crippen LogP contribution in [0.3, 0.4) is 0 Å². The van der Waals surface area contributed by atoms with Crippen LogP contribution in [-0.2, 0) is 22.4 Å². The number of benzene rings is 2. The summed E-state index contributed by atoms with van der Waals surface area (Å²) in [5.41, 5.74) is 2.87. The van der Waals surface area contributed by atoms with Crippen LogP contribution in [-0.4, -0.2) is 35.8 Å². The second-order valence-electron chi connectivity index (χ2n) is 7.52. The number of likely N-dealkylation sites (tertiary alicyclic amines) is 1. The van der Waals surface area contributed by atoms with Gasteiger partial charge in [0.05, 0.1) is 11.6 Å². The molecular formula is C24H27N3O2. The number of nitriles is 1. The lowest BCUT2D eigenvalue weighted by Gasteiger charge is -2.32. The van der Waals surface area contributed by atoms with Crippen molar-refractivity contribution in [3.8, 4) is 6.07 Å². The number of hydrogen-bond donors (Lipinski definition) is 1. The number of carbonyl (C=O) groups excluding carboxylic acids is 2. The zero-order chi connectivity index (χ0) is 20.5. The molecule has 5 heteroatoms. The Kier molecular flexibility index (Phi) is 7.40. The highest BCUT2D eigenvalue weighted by atomic mass is 16.2. The van der Waals surface area contributed by atoms with E-state index in [0.29, 0.717) is 37.9 Å². The van der Waals surface area contributed by atoms with E-state index in [4.69, 9.17) is 5.26 Å². The van der Waals surface area contributed by atoms with Gasteiger partial charge in [-0.1, -0.05) is 42.5 Å². The van der Waals surface area contributed by atoms with E-state index in [9.17, 15) is 9.59 Å². The molecule has 0 spiro atoms. The Morgan fingerprint density at radius 2 is 1.55 bits per heavy atom. The SMILES string of the molecule is N#Cc1ccc(CCC(=O)N2CCC(NC(=O)CCc3ccccc3)CC2)cc1. The molecule has 150 valence electrons. The minimum absolute atomic E-state index is 0.0828. The van der Waals surface area contributed by atoms with Crippen LogP contribution >= 0.6 is 0 Å². The zero-order valence-electron chi connectivity index (χ0n) is 16.6. The van der Waals surface area contributed by atoms with Crippen LogP contribution in [0.1, 0.15) is 42.4 Å². The fourth-order valence-corrected chi connectivity index (χ4v) is 3.63. The normalized spacial score (nSPS) is 14.2. The molecule has 1 fully saturated rings. The Balaban J connectivity index is 1.35. The van der Waals surface area contributed by atoms with Crippen LogP contribution in [0.25, 0.3) is 0 Å². The maximum absolute atomic E-state index is 12.5. The van der Waals surface area contributed by atoms with E-state index >= 15 is 0 Å². The van der Waals surface area contributed by atoms with Crippen molar-refractivity contribution in [2.45, 2.75) is 44.6 Å². The summed E-state index contributed by atoms with van der Waals surface area (Å²) in [6.45, 7) is 1.38. The standard InChI is InChI=1S/C24H27N3O2/c25-18-21-8-6-20(7-9-21)11-13-24(29)27-16-14-22(15-17-27)26-23(28)12-10-19-4-2-1-3-5-19/h1-9,22H,10-17H2,(H,26,28). The van der Waals surface area contributed by atoms with Gasteiger partial charge in [0.2, 0.25) is 11.8 Å². The number of rotatable bonds is 7. The summed E-state index contributed by atoms with van der Waals surface area (Å²) in [6, 6.07) is 19.7. The second-order valence-corrected chi connectivity index (χ2v) is 7.52. The Labute approximate surface area is 172 Å². The monoisotopic (exact) mass is 389 g/mol. The number of aryl methyl sites for hydroxylation is 2. The molecule has 0 aromatic heterocycles. The predicted molar refractivity (Wildman–Crippen MR) is 112 cm³/mol. The molecule has 2 aromatic rings. The highest BCUT2D eigenvalue weighted by Gasteiger charge is 2.23. The third kappa shape index (κ3) is 6.46. The Bertz CT molecular complexity index is 848. The molecule has 0 saturated carbocycles. The molecule has 29 heavy (non-hydrogen) atoms. The number of amides is 2. The van der Waals surface area contributed by atoms with E-state index in [1.165, 1.54) is 5.56 Å². The highest BCUT2D eigenvalue weighted by Crippen LogP contribution is 2.14. The van der Waals surface area contributed by atoms with Crippen LogP contribution in [0, 0.1) is 11.3 Å². The van der Waals surface area contributed by atoms with E-state index in [1.807, 2.05) is 47.4 Å². The van der Waals surface area contributed by atoms with Crippen molar-refractivity contribution >= 4 is 11.8 Å². The lowest BCUT2D eigenvalue weighted by molar-refractivity contribution is -0.132. The molecule has 0 atom stereocenters. The van der Waals surface area contributed by atoms with Crippen molar-refractivity contribution in [2.75, 3.05) is 13.1 Å². The average Bonchev–Trinajstić information content (AvgIpc) is 2.77. The van der Waals surface area contributed by atoms with E-state index in [0.717, 1.165) is 24.8 Å². The Hall–Kier alpha value is -3.13. The maximum Gasteiger partial charge on any atom is 0.222 e. The lowest BCUT2D eigenvalue weighted by Crippen LogP contribution is -2.46. The van der Waals surface area contributed by atoms with Crippen molar-refractivity contribution in [3.05, 3.63) is 71.3 Å². The van der Waals surface area contributed by atoms with Gasteiger partial charge in [0.15, 0.2) is 0 Å². The van der Waals surface area contributed by atoms with Crippen LogP contribution in [0.15, 0.2) is 54.6 Å². The second kappa shape index (κ2) is 10.4. The first kappa shape index (κ1) is 20.6. The van der Waals surface area contributed by atoms with Gasteiger partial charge in [0, 0.05) is 32.0 Å². The molecule has 3 rings (SSSR count). The molecule has 1 N–H and O–H groups in total. The fraction of sp³-hybridized carbons (Fsp3) is 0.375. The van der Waals surface area contributed by atoms with Gasteiger partial charge in [-0.2, -0.15) is 5.26 Å². The van der Waals surface area contributed by atoms with Crippen LogP contribution in [0.4, 0.5) is 0 Å². The molecule has 1 aliphatic heterocycles. The highest BCUT2D eigenvalue weighted by molar-refractivity contribution is 5.77. The summed E-state index contributed by atoms with van der Waals surface area (Å²) in [5.74, 6) is 0.239. The molecular weight excluding hydrogens is 362 g/mol. The summed E-state index contributed by atoms with van der Waals surface area (Å²) in [4.78, 5) is 26.6. The quantitative estimate of drug-likeness (QED) is 0.790. The van der Waals surface area contributed by atoms with Gasteiger partial charge in [0.1, 0.15) is 0 Å². The smallest absolute Gasteiger partial charge is 0.222 e. The molecule has 5 nitrogen and oxygen atoms in total. The molecule has 2 aromatic carbocycles. The van der Waals surface area contributed by atoms with Crippen molar-refractivity contribution in [3.63, 3.8) is 0 Å². The summed E-state index contributed by atoms with van der Waals surface area (Å²) in [5, 5.41) is 12.0. The third-order valence-electron chi connectivity index (χ3n) is 5.41. The first-order valence-electron chi connectivity index (χ1n) is 10.2. The number of carbonyl (C=O) groups is 2. The van der Waals surface area contributed by atoms with Crippen LogP contribution in [0.5, 0.6) is 0 Å². The van der Waals surface area contributed by atoms with E-state index < -0.39 is 0 Å². The van der Waals surface area contributed by atoms with Crippen LogP contribution < -0.4 is 5.32 Å². The van der Waals surface area contributed by atoms with Crippen molar-refractivity contribution in [1.82, 2.24) is 10.2 Å². The third-order valence-corrected chi connectivity index (χ3v) is 5.41.